The predicted molar refractivity (Wildman–Crippen MR) is 133 cm³/mol. The second kappa shape index (κ2) is 9.00. The van der Waals surface area contributed by atoms with Gasteiger partial charge in [0.25, 0.3) is 0 Å². The molecule has 0 aliphatic carbocycles. The van der Waals surface area contributed by atoms with Crippen LogP contribution in [0.5, 0.6) is 5.75 Å². The summed E-state index contributed by atoms with van der Waals surface area (Å²) < 4.78 is 21.7. The Morgan fingerprint density at radius 2 is 1.90 bits per heavy atom. The SMILES string of the molecule is C=CCOC1(CC=C)Cn2cc(Br)c(=O)c(OC)c2C(O[Si](C)(C)C(C)(C)C)C1(C)C. The number of nitrogens with zero attached hydrogens (tertiary/aromatic N) is 1. The minimum absolute atomic E-state index is 0.00266. The minimum Gasteiger partial charge on any atom is -0.491 e. The van der Waals surface area contributed by atoms with Gasteiger partial charge in [-0.05, 0) is 40.5 Å². The first-order valence-corrected chi connectivity index (χ1v) is 14.4. The molecule has 1 aliphatic heterocycles. The van der Waals surface area contributed by atoms with Crippen LogP contribution in [0.25, 0.3) is 0 Å². The van der Waals surface area contributed by atoms with Gasteiger partial charge >= 0.3 is 0 Å². The number of hydrogen-bond donors (Lipinski definition) is 0. The third-order valence-corrected chi connectivity index (χ3v) is 12.1. The van der Waals surface area contributed by atoms with Crippen molar-refractivity contribution < 1.29 is 13.9 Å². The highest BCUT2D eigenvalue weighted by Gasteiger charge is 2.58. The zero-order valence-corrected chi connectivity index (χ0v) is 22.9. The summed E-state index contributed by atoms with van der Waals surface area (Å²) in [7, 11) is -0.675. The summed E-state index contributed by atoms with van der Waals surface area (Å²) in [6, 6.07) is 0. The molecular weight excluding hydrogens is 474 g/mol. The molecular formula is C24H38BrNO4Si. The third kappa shape index (κ3) is 4.52. The van der Waals surface area contributed by atoms with E-state index in [1.54, 1.807) is 13.2 Å². The van der Waals surface area contributed by atoms with Gasteiger partial charge in [0.2, 0.25) is 5.43 Å². The molecule has 0 fully saturated rings. The van der Waals surface area contributed by atoms with E-state index in [1.165, 1.54) is 0 Å². The van der Waals surface area contributed by atoms with Gasteiger partial charge in [0.05, 0.1) is 42.1 Å². The molecule has 1 aromatic rings. The first-order valence-electron chi connectivity index (χ1n) is 10.7. The predicted octanol–water partition coefficient (Wildman–Crippen LogP) is 6.24. The molecule has 174 valence electrons. The number of halogens is 1. The summed E-state index contributed by atoms with van der Waals surface area (Å²) >= 11 is 3.41. The summed E-state index contributed by atoms with van der Waals surface area (Å²) in [6.07, 6.45) is 5.72. The zero-order chi connectivity index (χ0) is 23.8. The lowest BCUT2D eigenvalue weighted by atomic mass is 9.65. The van der Waals surface area contributed by atoms with Crippen molar-refractivity contribution in [3.8, 4) is 5.75 Å². The van der Waals surface area contributed by atoms with Crippen molar-refractivity contribution in [1.82, 2.24) is 4.57 Å². The monoisotopic (exact) mass is 511 g/mol. The Balaban J connectivity index is 2.87. The van der Waals surface area contributed by atoms with Crippen LogP contribution < -0.4 is 10.2 Å². The first kappa shape index (κ1) is 26.1. The maximum atomic E-state index is 13.0. The molecule has 2 rings (SSSR count). The highest BCUT2D eigenvalue weighted by Crippen LogP contribution is 2.56. The van der Waals surface area contributed by atoms with E-state index in [0.717, 1.165) is 5.69 Å². The summed E-state index contributed by atoms with van der Waals surface area (Å²) in [5, 5.41) is -0.00266. The van der Waals surface area contributed by atoms with Crippen LogP contribution >= 0.6 is 15.9 Å². The Hall–Kier alpha value is -1.15. The second-order valence-corrected chi connectivity index (χ2v) is 16.0. The van der Waals surface area contributed by atoms with Gasteiger partial charge in [0.1, 0.15) is 0 Å². The van der Waals surface area contributed by atoms with Gasteiger partial charge in [0.15, 0.2) is 14.1 Å². The van der Waals surface area contributed by atoms with Gasteiger partial charge in [-0.25, -0.2) is 0 Å². The van der Waals surface area contributed by atoms with Gasteiger partial charge in [-0.1, -0.05) is 46.8 Å². The molecule has 2 unspecified atom stereocenters. The summed E-state index contributed by atoms with van der Waals surface area (Å²) in [5.41, 5.74) is -0.473. The molecule has 1 aliphatic rings. The average Bonchev–Trinajstić information content (AvgIpc) is 2.65. The van der Waals surface area contributed by atoms with E-state index in [2.05, 4.69) is 81.4 Å². The number of rotatable bonds is 8. The minimum atomic E-state index is -2.22. The van der Waals surface area contributed by atoms with Crippen LogP contribution in [0.3, 0.4) is 0 Å². The van der Waals surface area contributed by atoms with Crippen molar-refractivity contribution in [2.45, 2.75) is 77.4 Å². The van der Waals surface area contributed by atoms with E-state index >= 15 is 0 Å². The van der Waals surface area contributed by atoms with E-state index < -0.39 is 25.4 Å². The van der Waals surface area contributed by atoms with Crippen molar-refractivity contribution in [2.24, 2.45) is 5.41 Å². The molecule has 0 bridgehead atoms. The van der Waals surface area contributed by atoms with Gasteiger partial charge in [-0.3, -0.25) is 4.79 Å². The van der Waals surface area contributed by atoms with Gasteiger partial charge < -0.3 is 18.5 Å². The standard InChI is InChI=1S/C24H38BrNO4Si/c1-11-13-24(29-14-12-2)16-26-15-17(25)19(27)20(28-8)18(26)21(23(24,6)7)30-31(9,10)22(3,4)5/h11-12,15,21H,1-2,13-14,16H2,3-10H3. The maximum absolute atomic E-state index is 13.0. The molecule has 0 amide bonds. The molecule has 0 radical (unpaired) electrons. The smallest absolute Gasteiger partial charge is 0.237 e. The van der Waals surface area contributed by atoms with E-state index in [9.17, 15) is 4.79 Å². The lowest BCUT2D eigenvalue weighted by Crippen LogP contribution is -2.59. The highest BCUT2D eigenvalue weighted by atomic mass is 79.9. The quantitative estimate of drug-likeness (QED) is 0.306. The first-order chi connectivity index (χ1) is 14.2. The molecule has 1 aromatic heterocycles. The average molecular weight is 513 g/mol. The molecule has 0 N–H and O–H groups in total. The van der Waals surface area contributed by atoms with Crippen LogP contribution in [0.1, 0.15) is 52.8 Å². The number of fused-ring (bicyclic) bond motifs is 1. The molecule has 2 heterocycles. The molecule has 0 saturated carbocycles. The Bertz CT molecular complexity index is 900. The van der Waals surface area contributed by atoms with E-state index in [-0.39, 0.29) is 10.5 Å². The maximum Gasteiger partial charge on any atom is 0.237 e. The van der Waals surface area contributed by atoms with Crippen LogP contribution in [-0.2, 0) is 15.7 Å². The number of hydrogen-bond acceptors (Lipinski definition) is 4. The number of aromatic nitrogens is 1. The molecule has 0 aromatic carbocycles. The molecule has 5 nitrogen and oxygen atoms in total. The van der Waals surface area contributed by atoms with E-state index in [0.29, 0.717) is 29.8 Å². The van der Waals surface area contributed by atoms with Crippen LogP contribution in [0.4, 0.5) is 0 Å². The van der Waals surface area contributed by atoms with Crippen molar-refractivity contribution in [3.05, 3.63) is 51.9 Å². The van der Waals surface area contributed by atoms with Crippen molar-refractivity contribution in [3.63, 3.8) is 0 Å². The van der Waals surface area contributed by atoms with Crippen LogP contribution in [-0.4, -0.2) is 32.2 Å². The molecule has 0 saturated heterocycles. The summed E-state index contributed by atoms with van der Waals surface area (Å²) in [4.78, 5) is 13.0. The fourth-order valence-electron chi connectivity index (χ4n) is 4.02. The number of pyridine rings is 1. The van der Waals surface area contributed by atoms with Crippen molar-refractivity contribution in [2.75, 3.05) is 13.7 Å². The van der Waals surface area contributed by atoms with Crippen LogP contribution in [0, 0.1) is 5.41 Å². The number of methoxy groups -OCH3 is 1. The lowest BCUT2D eigenvalue weighted by molar-refractivity contribution is -0.178. The van der Waals surface area contributed by atoms with Crippen molar-refractivity contribution in [1.29, 1.82) is 0 Å². The largest absolute Gasteiger partial charge is 0.491 e. The molecule has 2 atom stereocenters. The molecule has 7 heteroatoms. The van der Waals surface area contributed by atoms with Gasteiger partial charge in [-0.2, -0.15) is 0 Å². The van der Waals surface area contributed by atoms with E-state index in [1.807, 2.05) is 12.3 Å². The normalized spacial score (nSPS) is 23.2. The second-order valence-electron chi connectivity index (χ2n) is 10.4. The van der Waals surface area contributed by atoms with E-state index in [4.69, 9.17) is 13.9 Å². The Morgan fingerprint density at radius 1 is 1.29 bits per heavy atom. The molecule has 0 spiro atoms. The van der Waals surface area contributed by atoms with Gasteiger partial charge in [0, 0.05) is 11.6 Å². The fourth-order valence-corrected chi connectivity index (χ4v) is 5.80. The third-order valence-electron chi connectivity index (χ3n) is 7.11. The Labute approximate surface area is 196 Å². The summed E-state index contributed by atoms with van der Waals surface area (Å²) in [5.74, 6) is 0.321. The van der Waals surface area contributed by atoms with Crippen LogP contribution in [0.2, 0.25) is 18.1 Å². The van der Waals surface area contributed by atoms with Crippen molar-refractivity contribution >= 4 is 24.2 Å². The highest BCUT2D eigenvalue weighted by molar-refractivity contribution is 9.10. The lowest BCUT2D eigenvalue weighted by Gasteiger charge is -2.56. The summed E-state index contributed by atoms with van der Waals surface area (Å²) in [6.45, 7) is 24.2. The zero-order valence-electron chi connectivity index (χ0n) is 20.3. The topological polar surface area (TPSA) is 49.7 Å². The number of ether oxygens (including phenoxy) is 2. The van der Waals surface area contributed by atoms with Crippen LogP contribution in [0.15, 0.2) is 40.8 Å². The Morgan fingerprint density at radius 3 is 2.39 bits per heavy atom. The fraction of sp³-hybridized carbons (Fsp3) is 0.625. The van der Waals surface area contributed by atoms with Gasteiger partial charge in [-0.15, -0.1) is 13.2 Å². The Kier molecular flexibility index (Phi) is 7.58. The molecule has 31 heavy (non-hydrogen) atoms.